The second kappa shape index (κ2) is 3.54. The van der Waals surface area contributed by atoms with Crippen molar-refractivity contribution in [2.24, 2.45) is 0 Å². The molecular formula is C12H15NO. The van der Waals surface area contributed by atoms with Gasteiger partial charge in [-0.3, -0.25) is 9.69 Å². The fourth-order valence-electron chi connectivity index (χ4n) is 1.88. The number of hydrogen-bond donors (Lipinski definition) is 0. The van der Waals surface area contributed by atoms with Gasteiger partial charge in [-0.1, -0.05) is 12.1 Å². The lowest BCUT2D eigenvalue weighted by molar-refractivity contribution is 0.112. The first-order valence-corrected chi connectivity index (χ1v) is 5.01. The summed E-state index contributed by atoms with van der Waals surface area (Å²) in [5, 5.41) is 0. The number of aldehydes is 1. The summed E-state index contributed by atoms with van der Waals surface area (Å²) in [5.74, 6) is 0. The van der Waals surface area contributed by atoms with Crippen LogP contribution in [0.3, 0.4) is 0 Å². The molecule has 1 aromatic rings. The highest BCUT2D eigenvalue weighted by Gasteiger charge is 2.20. The van der Waals surface area contributed by atoms with Crippen molar-refractivity contribution < 1.29 is 4.79 Å². The van der Waals surface area contributed by atoms with E-state index in [1.165, 1.54) is 11.1 Å². The minimum absolute atomic E-state index is 0.571. The molecule has 1 aromatic carbocycles. The summed E-state index contributed by atoms with van der Waals surface area (Å²) in [7, 11) is 0. The highest BCUT2D eigenvalue weighted by Crippen LogP contribution is 2.24. The Kier molecular flexibility index (Phi) is 2.38. The van der Waals surface area contributed by atoms with Gasteiger partial charge in [0.05, 0.1) is 0 Å². The molecular weight excluding hydrogens is 174 g/mol. The van der Waals surface area contributed by atoms with Gasteiger partial charge >= 0.3 is 0 Å². The van der Waals surface area contributed by atoms with Gasteiger partial charge in [-0.05, 0) is 31.0 Å². The van der Waals surface area contributed by atoms with Gasteiger partial charge < -0.3 is 0 Å². The predicted molar refractivity (Wildman–Crippen MR) is 56.2 cm³/mol. The van der Waals surface area contributed by atoms with E-state index in [4.69, 9.17) is 0 Å². The average Bonchev–Trinajstić information content (AvgIpc) is 2.59. The zero-order chi connectivity index (χ0) is 10.1. The van der Waals surface area contributed by atoms with E-state index in [9.17, 15) is 4.79 Å². The van der Waals surface area contributed by atoms with Gasteiger partial charge in [0.25, 0.3) is 0 Å². The fourth-order valence-corrected chi connectivity index (χ4v) is 1.88. The van der Waals surface area contributed by atoms with Crippen molar-refractivity contribution in [3.63, 3.8) is 0 Å². The molecule has 0 fully saturated rings. The molecule has 2 heteroatoms. The summed E-state index contributed by atoms with van der Waals surface area (Å²) in [6.45, 7) is 6.40. The molecule has 74 valence electrons. The van der Waals surface area contributed by atoms with E-state index in [0.29, 0.717) is 6.04 Å². The van der Waals surface area contributed by atoms with E-state index in [0.717, 1.165) is 24.9 Å². The van der Waals surface area contributed by atoms with Crippen LogP contribution in [0.4, 0.5) is 0 Å². The van der Waals surface area contributed by atoms with Crippen molar-refractivity contribution in [3.05, 3.63) is 34.9 Å². The fraction of sp³-hybridized carbons (Fsp3) is 0.417. The molecule has 0 N–H and O–H groups in total. The first-order valence-electron chi connectivity index (χ1n) is 5.01. The normalized spacial score (nSPS) is 15.9. The molecule has 0 saturated heterocycles. The van der Waals surface area contributed by atoms with Crippen molar-refractivity contribution >= 4 is 6.29 Å². The second-order valence-electron chi connectivity index (χ2n) is 4.14. The molecule has 0 unspecified atom stereocenters. The van der Waals surface area contributed by atoms with Crippen LogP contribution < -0.4 is 0 Å². The lowest BCUT2D eigenvalue weighted by atomic mass is 10.1. The van der Waals surface area contributed by atoms with Crippen LogP contribution in [-0.4, -0.2) is 17.2 Å². The minimum atomic E-state index is 0.571. The first-order chi connectivity index (χ1) is 6.70. The zero-order valence-corrected chi connectivity index (χ0v) is 8.66. The zero-order valence-electron chi connectivity index (χ0n) is 8.66. The summed E-state index contributed by atoms with van der Waals surface area (Å²) in [4.78, 5) is 13.0. The standard InChI is InChI=1S/C12H15NO/c1-9(2)13-6-11-4-3-10(8-14)5-12(11)7-13/h3-5,8-9H,6-7H2,1-2H3. The maximum Gasteiger partial charge on any atom is 0.150 e. The molecule has 1 aliphatic rings. The highest BCUT2D eigenvalue weighted by atomic mass is 16.1. The summed E-state index contributed by atoms with van der Waals surface area (Å²) >= 11 is 0. The number of fused-ring (bicyclic) bond motifs is 1. The molecule has 1 aliphatic heterocycles. The van der Waals surface area contributed by atoms with Gasteiger partial charge in [0, 0.05) is 24.7 Å². The number of carbonyl (C=O) groups is 1. The quantitative estimate of drug-likeness (QED) is 0.665. The van der Waals surface area contributed by atoms with Crippen molar-refractivity contribution in [2.45, 2.75) is 33.0 Å². The number of benzene rings is 1. The van der Waals surface area contributed by atoms with Crippen LogP contribution in [0.15, 0.2) is 18.2 Å². The van der Waals surface area contributed by atoms with Crippen molar-refractivity contribution in [1.29, 1.82) is 0 Å². The van der Waals surface area contributed by atoms with Crippen molar-refractivity contribution in [3.8, 4) is 0 Å². The Labute approximate surface area is 84.5 Å². The molecule has 0 saturated carbocycles. The third-order valence-corrected chi connectivity index (χ3v) is 2.84. The second-order valence-corrected chi connectivity index (χ2v) is 4.14. The average molecular weight is 189 g/mol. The molecule has 0 atom stereocenters. The molecule has 0 aromatic heterocycles. The van der Waals surface area contributed by atoms with Crippen LogP contribution in [0.25, 0.3) is 0 Å². The van der Waals surface area contributed by atoms with Crippen LogP contribution in [-0.2, 0) is 13.1 Å². The van der Waals surface area contributed by atoms with Gasteiger partial charge in [-0.25, -0.2) is 0 Å². The first kappa shape index (κ1) is 9.41. The smallest absolute Gasteiger partial charge is 0.150 e. The Bertz CT molecular complexity index is 357. The van der Waals surface area contributed by atoms with Crippen LogP contribution >= 0.6 is 0 Å². The van der Waals surface area contributed by atoms with E-state index < -0.39 is 0 Å². The summed E-state index contributed by atoms with van der Waals surface area (Å²) in [5.41, 5.74) is 3.46. The van der Waals surface area contributed by atoms with E-state index >= 15 is 0 Å². The Hall–Kier alpha value is -1.15. The third kappa shape index (κ3) is 1.58. The molecule has 14 heavy (non-hydrogen) atoms. The van der Waals surface area contributed by atoms with Crippen molar-refractivity contribution in [1.82, 2.24) is 4.90 Å². The lowest BCUT2D eigenvalue weighted by Gasteiger charge is -2.18. The molecule has 1 heterocycles. The monoisotopic (exact) mass is 189 g/mol. The summed E-state index contributed by atoms with van der Waals surface area (Å²) in [6.07, 6.45) is 0.915. The Morgan fingerprint density at radius 3 is 2.64 bits per heavy atom. The lowest BCUT2D eigenvalue weighted by Crippen LogP contribution is -2.24. The van der Waals surface area contributed by atoms with Crippen molar-refractivity contribution in [2.75, 3.05) is 0 Å². The van der Waals surface area contributed by atoms with Gasteiger partial charge in [0.2, 0.25) is 0 Å². The summed E-state index contributed by atoms with van der Waals surface area (Å²) < 4.78 is 0. The van der Waals surface area contributed by atoms with E-state index in [-0.39, 0.29) is 0 Å². The molecule has 0 aliphatic carbocycles. The van der Waals surface area contributed by atoms with Gasteiger partial charge in [-0.15, -0.1) is 0 Å². The minimum Gasteiger partial charge on any atom is -0.298 e. The van der Waals surface area contributed by atoms with Crippen LogP contribution in [0.5, 0.6) is 0 Å². The highest BCUT2D eigenvalue weighted by molar-refractivity contribution is 5.75. The van der Waals surface area contributed by atoms with Gasteiger partial charge in [0.15, 0.2) is 0 Å². The van der Waals surface area contributed by atoms with Gasteiger partial charge in [0.1, 0.15) is 6.29 Å². The number of nitrogens with zero attached hydrogens (tertiary/aromatic N) is 1. The SMILES string of the molecule is CC(C)N1Cc2ccc(C=O)cc2C1. The molecule has 2 rings (SSSR count). The van der Waals surface area contributed by atoms with E-state index in [1.807, 2.05) is 12.1 Å². The largest absolute Gasteiger partial charge is 0.298 e. The number of hydrogen-bond acceptors (Lipinski definition) is 2. The predicted octanol–water partition coefficient (Wildman–Crippen LogP) is 2.22. The maximum atomic E-state index is 10.6. The van der Waals surface area contributed by atoms with Gasteiger partial charge in [-0.2, -0.15) is 0 Å². The van der Waals surface area contributed by atoms with Crippen LogP contribution in [0, 0.1) is 0 Å². The molecule has 2 nitrogen and oxygen atoms in total. The topological polar surface area (TPSA) is 20.3 Å². The third-order valence-electron chi connectivity index (χ3n) is 2.84. The summed E-state index contributed by atoms with van der Waals surface area (Å²) in [6, 6.07) is 6.55. The van der Waals surface area contributed by atoms with Crippen LogP contribution in [0.1, 0.15) is 35.3 Å². The molecule has 0 bridgehead atoms. The Balaban J connectivity index is 2.26. The van der Waals surface area contributed by atoms with Crippen LogP contribution in [0.2, 0.25) is 0 Å². The molecule has 0 amide bonds. The Morgan fingerprint density at radius 2 is 2.00 bits per heavy atom. The van der Waals surface area contributed by atoms with E-state index in [2.05, 4.69) is 24.8 Å². The Morgan fingerprint density at radius 1 is 1.29 bits per heavy atom. The maximum absolute atomic E-state index is 10.6. The number of carbonyl (C=O) groups excluding carboxylic acids is 1. The van der Waals surface area contributed by atoms with E-state index in [1.54, 1.807) is 0 Å². The molecule has 0 spiro atoms. The number of rotatable bonds is 2. The molecule has 0 radical (unpaired) electrons.